The lowest BCUT2D eigenvalue weighted by molar-refractivity contribution is -0.138. The predicted octanol–water partition coefficient (Wildman–Crippen LogP) is 3.54. The number of halogens is 3. The number of nitrogen functional groups attached to an aromatic ring is 1. The summed E-state index contributed by atoms with van der Waals surface area (Å²) in [6, 6.07) is 4.94. The van der Waals surface area contributed by atoms with Crippen LogP contribution in [0, 0.1) is 0 Å². The number of alkyl halides is 3. The maximum Gasteiger partial charge on any atom is 0.419 e. The number of nitrogens with zero attached hydrogens (tertiary/aromatic N) is 1. The highest BCUT2D eigenvalue weighted by molar-refractivity contribution is 7.11. The van der Waals surface area contributed by atoms with E-state index >= 15 is 0 Å². The highest BCUT2D eigenvalue weighted by Gasteiger charge is 2.34. The standard InChI is InChI=1S/C10H7F3N2OS/c11-10(12,13)6-3-1-2-4-7(6)16-9-15-8(14)5-17-9/h1-5H,14H2. The third-order valence-corrected chi connectivity index (χ3v) is 2.63. The Hall–Kier alpha value is -1.76. The summed E-state index contributed by atoms with van der Waals surface area (Å²) in [5.41, 5.74) is 4.51. The summed E-state index contributed by atoms with van der Waals surface area (Å²) in [5.74, 6) is -0.0659. The number of hydrogen-bond donors (Lipinski definition) is 1. The van der Waals surface area contributed by atoms with Crippen molar-refractivity contribution in [2.24, 2.45) is 0 Å². The van der Waals surface area contributed by atoms with Gasteiger partial charge in [0.25, 0.3) is 5.19 Å². The Morgan fingerprint density at radius 3 is 2.53 bits per heavy atom. The summed E-state index contributed by atoms with van der Waals surface area (Å²) < 4.78 is 43.0. The molecule has 90 valence electrons. The van der Waals surface area contributed by atoms with E-state index in [4.69, 9.17) is 10.5 Å². The Labute approximate surface area is 98.7 Å². The molecule has 1 aromatic carbocycles. The maximum atomic E-state index is 12.6. The molecule has 2 aromatic rings. The molecule has 0 atom stereocenters. The zero-order chi connectivity index (χ0) is 12.5. The molecule has 0 spiro atoms. The third kappa shape index (κ3) is 2.68. The summed E-state index contributed by atoms with van der Waals surface area (Å²) >= 11 is 1.04. The lowest BCUT2D eigenvalue weighted by Crippen LogP contribution is -2.06. The average molecular weight is 260 g/mol. The SMILES string of the molecule is Nc1csc(Oc2ccccc2C(F)(F)F)n1. The van der Waals surface area contributed by atoms with Gasteiger partial charge < -0.3 is 10.5 Å². The van der Waals surface area contributed by atoms with Crippen LogP contribution in [0.25, 0.3) is 0 Å². The van der Waals surface area contributed by atoms with Crippen molar-refractivity contribution in [1.29, 1.82) is 0 Å². The number of rotatable bonds is 2. The summed E-state index contributed by atoms with van der Waals surface area (Å²) in [7, 11) is 0. The largest absolute Gasteiger partial charge is 0.430 e. The van der Waals surface area contributed by atoms with E-state index in [9.17, 15) is 13.2 Å². The Morgan fingerprint density at radius 2 is 1.94 bits per heavy atom. The van der Waals surface area contributed by atoms with Crippen molar-refractivity contribution in [1.82, 2.24) is 4.98 Å². The van der Waals surface area contributed by atoms with E-state index in [0.717, 1.165) is 17.4 Å². The third-order valence-electron chi connectivity index (χ3n) is 1.89. The number of aromatic nitrogens is 1. The molecule has 0 radical (unpaired) electrons. The second-order valence-corrected chi connectivity index (χ2v) is 3.95. The lowest BCUT2D eigenvalue weighted by atomic mass is 10.2. The summed E-state index contributed by atoms with van der Waals surface area (Å²) in [6.07, 6.45) is -4.46. The molecule has 3 nitrogen and oxygen atoms in total. The summed E-state index contributed by atoms with van der Waals surface area (Å²) in [6.45, 7) is 0. The minimum atomic E-state index is -4.46. The van der Waals surface area contributed by atoms with Crippen molar-refractivity contribution >= 4 is 17.2 Å². The minimum Gasteiger partial charge on any atom is -0.430 e. The van der Waals surface area contributed by atoms with Crippen molar-refractivity contribution in [3.63, 3.8) is 0 Å². The molecule has 0 aliphatic heterocycles. The van der Waals surface area contributed by atoms with Gasteiger partial charge in [0, 0.05) is 5.38 Å². The molecule has 2 N–H and O–H groups in total. The van der Waals surface area contributed by atoms with Crippen molar-refractivity contribution in [2.45, 2.75) is 6.18 Å². The maximum absolute atomic E-state index is 12.6. The van der Waals surface area contributed by atoms with Crippen molar-refractivity contribution in [3.05, 3.63) is 35.2 Å². The van der Waals surface area contributed by atoms with Gasteiger partial charge >= 0.3 is 6.18 Å². The normalized spacial score (nSPS) is 11.5. The summed E-state index contributed by atoms with van der Waals surface area (Å²) in [5, 5.41) is 1.57. The zero-order valence-electron chi connectivity index (χ0n) is 8.36. The van der Waals surface area contributed by atoms with Crippen LogP contribution in [0.2, 0.25) is 0 Å². The van der Waals surface area contributed by atoms with Crippen molar-refractivity contribution < 1.29 is 17.9 Å². The monoisotopic (exact) mass is 260 g/mol. The molecular weight excluding hydrogens is 253 g/mol. The van der Waals surface area contributed by atoms with Gasteiger partial charge in [0.15, 0.2) is 0 Å². The van der Waals surface area contributed by atoms with Crippen LogP contribution in [0.15, 0.2) is 29.6 Å². The number of benzene rings is 1. The summed E-state index contributed by atoms with van der Waals surface area (Å²) in [4.78, 5) is 3.74. The van der Waals surface area contributed by atoms with Gasteiger partial charge in [-0.25, -0.2) is 0 Å². The Balaban J connectivity index is 2.33. The molecule has 2 rings (SSSR count). The number of nitrogens with two attached hydrogens (primary N) is 1. The first-order valence-corrected chi connectivity index (χ1v) is 5.40. The Bertz CT molecular complexity index is 524. The van der Waals surface area contributed by atoms with Gasteiger partial charge in [0.05, 0.1) is 5.56 Å². The highest BCUT2D eigenvalue weighted by atomic mass is 32.1. The van der Waals surface area contributed by atoms with E-state index in [1.54, 1.807) is 0 Å². The second-order valence-electron chi connectivity index (χ2n) is 3.13. The van der Waals surface area contributed by atoms with Gasteiger partial charge in [0.1, 0.15) is 11.6 Å². The van der Waals surface area contributed by atoms with Crippen LogP contribution in [0.4, 0.5) is 19.0 Å². The molecule has 0 saturated heterocycles. The molecule has 0 bridgehead atoms. The van der Waals surface area contributed by atoms with Gasteiger partial charge in [-0.2, -0.15) is 18.2 Å². The van der Waals surface area contributed by atoms with E-state index < -0.39 is 11.7 Å². The zero-order valence-corrected chi connectivity index (χ0v) is 9.18. The number of ether oxygens (including phenoxy) is 1. The first-order valence-electron chi connectivity index (χ1n) is 4.52. The van der Waals surface area contributed by atoms with E-state index in [1.165, 1.54) is 23.6 Å². The van der Waals surface area contributed by atoms with Gasteiger partial charge in [-0.15, -0.1) is 0 Å². The molecule has 0 saturated carbocycles. The van der Waals surface area contributed by atoms with E-state index in [1.807, 2.05) is 0 Å². The second kappa shape index (κ2) is 4.25. The molecule has 1 aromatic heterocycles. The van der Waals surface area contributed by atoms with Crippen LogP contribution >= 0.6 is 11.3 Å². The Kier molecular flexibility index (Phi) is 2.93. The number of para-hydroxylation sites is 1. The Morgan fingerprint density at radius 1 is 1.24 bits per heavy atom. The van der Waals surface area contributed by atoms with Gasteiger partial charge in [-0.05, 0) is 12.1 Å². The molecule has 0 aliphatic rings. The topological polar surface area (TPSA) is 48.1 Å². The fraction of sp³-hybridized carbons (Fsp3) is 0.100. The number of hydrogen-bond acceptors (Lipinski definition) is 4. The van der Waals surface area contributed by atoms with Crippen LogP contribution in [-0.2, 0) is 6.18 Å². The average Bonchev–Trinajstić information content (AvgIpc) is 2.63. The molecule has 0 unspecified atom stereocenters. The van der Waals surface area contributed by atoms with E-state index in [-0.39, 0.29) is 16.8 Å². The fourth-order valence-electron chi connectivity index (χ4n) is 1.20. The van der Waals surface area contributed by atoms with Crippen LogP contribution in [0.3, 0.4) is 0 Å². The van der Waals surface area contributed by atoms with E-state index in [2.05, 4.69) is 4.98 Å². The van der Waals surface area contributed by atoms with Gasteiger partial charge in [0.2, 0.25) is 0 Å². The molecule has 0 fully saturated rings. The molecule has 0 amide bonds. The van der Waals surface area contributed by atoms with Crippen LogP contribution in [0.5, 0.6) is 10.9 Å². The number of anilines is 1. The van der Waals surface area contributed by atoms with Crippen LogP contribution in [-0.4, -0.2) is 4.98 Å². The molecule has 7 heteroatoms. The smallest absolute Gasteiger partial charge is 0.419 e. The van der Waals surface area contributed by atoms with Gasteiger partial charge in [-0.1, -0.05) is 23.5 Å². The molecular formula is C10H7F3N2OS. The minimum absolute atomic E-state index is 0.0826. The van der Waals surface area contributed by atoms with Crippen molar-refractivity contribution in [3.8, 4) is 10.9 Å². The molecule has 1 heterocycles. The highest BCUT2D eigenvalue weighted by Crippen LogP contribution is 2.38. The molecule has 0 aliphatic carbocycles. The first-order chi connectivity index (χ1) is 7.97. The first kappa shape index (κ1) is 11.7. The van der Waals surface area contributed by atoms with Crippen LogP contribution in [0.1, 0.15) is 5.56 Å². The quantitative estimate of drug-likeness (QED) is 0.898. The predicted molar refractivity (Wildman–Crippen MR) is 58.0 cm³/mol. The number of thiazole rings is 1. The lowest BCUT2D eigenvalue weighted by Gasteiger charge is -2.11. The molecule has 17 heavy (non-hydrogen) atoms. The van der Waals surface area contributed by atoms with E-state index in [0.29, 0.717) is 0 Å². The van der Waals surface area contributed by atoms with Crippen LogP contribution < -0.4 is 10.5 Å². The van der Waals surface area contributed by atoms with Gasteiger partial charge in [-0.3, -0.25) is 0 Å². The van der Waals surface area contributed by atoms with Crippen molar-refractivity contribution in [2.75, 3.05) is 5.73 Å². The fourth-order valence-corrected chi connectivity index (χ4v) is 1.77.